The maximum atomic E-state index is 12.8. The van der Waals surface area contributed by atoms with Crippen LogP contribution in [0, 0.1) is 5.92 Å². The Morgan fingerprint density at radius 2 is 2.11 bits per heavy atom. The number of amides is 2. The third-order valence-corrected chi connectivity index (χ3v) is 5.37. The van der Waals surface area contributed by atoms with Gasteiger partial charge in [-0.2, -0.15) is 0 Å². The summed E-state index contributed by atoms with van der Waals surface area (Å²) in [6, 6.07) is 5.16. The molecule has 8 heteroatoms. The molecule has 1 aromatic rings. The highest BCUT2D eigenvalue weighted by atomic mass is 35.5. The predicted molar refractivity (Wildman–Crippen MR) is 105 cm³/mol. The second-order valence-corrected chi connectivity index (χ2v) is 7.50. The Morgan fingerprint density at radius 3 is 2.86 bits per heavy atom. The van der Waals surface area contributed by atoms with Gasteiger partial charge in [0.15, 0.2) is 6.61 Å². The molecule has 0 spiro atoms. The van der Waals surface area contributed by atoms with Crippen LogP contribution in [-0.2, 0) is 9.53 Å². The molecule has 0 aromatic heterocycles. The zero-order valence-electron chi connectivity index (χ0n) is 15.4. The average molecular weight is 404 g/mol. The van der Waals surface area contributed by atoms with Gasteiger partial charge >= 0.3 is 0 Å². The first-order valence-corrected chi connectivity index (χ1v) is 9.75. The summed E-state index contributed by atoms with van der Waals surface area (Å²) in [6.07, 6.45) is 5.46. The van der Waals surface area contributed by atoms with Gasteiger partial charge in [-0.3, -0.25) is 9.59 Å². The average Bonchev–Trinajstić information content (AvgIpc) is 2.72. The first-order chi connectivity index (χ1) is 13.6. The van der Waals surface area contributed by atoms with Crippen LogP contribution < -0.4 is 15.4 Å². The molecule has 3 aliphatic heterocycles. The molecule has 0 radical (unpaired) electrons. The molecular formula is C20H22ClN3O4. The molecule has 0 unspecified atom stereocenters. The molecule has 28 heavy (non-hydrogen) atoms. The number of fused-ring (bicyclic) bond motifs is 1. The molecule has 3 aliphatic rings. The Labute approximate surface area is 168 Å². The summed E-state index contributed by atoms with van der Waals surface area (Å²) in [4.78, 5) is 26.1. The molecule has 1 aromatic carbocycles. The zero-order chi connectivity index (χ0) is 19.5. The van der Waals surface area contributed by atoms with Crippen LogP contribution in [0.15, 0.2) is 41.3 Å². The molecule has 3 heterocycles. The van der Waals surface area contributed by atoms with Crippen LogP contribution >= 0.6 is 11.6 Å². The molecule has 4 rings (SSSR count). The zero-order valence-corrected chi connectivity index (χ0v) is 16.1. The van der Waals surface area contributed by atoms with Gasteiger partial charge in [0.25, 0.3) is 11.8 Å². The van der Waals surface area contributed by atoms with Crippen LogP contribution in [0.2, 0.25) is 0 Å². The summed E-state index contributed by atoms with van der Waals surface area (Å²) in [7, 11) is 0. The number of nitrogens with zero attached hydrogens (tertiary/aromatic N) is 1. The van der Waals surface area contributed by atoms with Crippen LogP contribution in [0.1, 0.15) is 23.2 Å². The van der Waals surface area contributed by atoms with Crippen molar-refractivity contribution in [1.29, 1.82) is 0 Å². The van der Waals surface area contributed by atoms with E-state index in [0.717, 1.165) is 18.6 Å². The number of hydrogen-bond acceptors (Lipinski definition) is 5. The van der Waals surface area contributed by atoms with Crippen molar-refractivity contribution < 1.29 is 19.1 Å². The van der Waals surface area contributed by atoms with Gasteiger partial charge < -0.3 is 25.0 Å². The fourth-order valence-corrected chi connectivity index (χ4v) is 3.61. The van der Waals surface area contributed by atoms with Crippen LogP contribution in [0.5, 0.6) is 5.75 Å². The van der Waals surface area contributed by atoms with Crippen molar-refractivity contribution in [3.63, 3.8) is 0 Å². The number of ether oxygens (including phenoxy) is 2. The summed E-state index contributed by atoms with van der Waals surface area (Å²) in [5.41, 5.74) is 1.11. The van der Waals surface area contributed by atoms with E-state index in [9.17, 15) is 9.59 Å². The fraction of sp³-hybridized carbons (Fsp3) is 0.400. The molecule has 1 fully saturated rings. The SMILES string of the molecule is O=C1COc2ccc(C(=O)N3CCC(COC4=CC=C(Cl)NC4)CC3)cc2N1. The molecule has 0 bridgehead atoms. The van der Waals surface area contributed by atoms with E-state index in [1.807, 2.05) is 11.0 Å². The predicted octanol–water partition coefficient (Wildman–Crippen LogP) is 2.45. The number of carbonyl (C=O) groups is 2. The molecule has 2 N–H and O–H groups in total. The van der Waals surface area contributed by atoms with Gasteiger partial charge in [-0.05, 0) is 49.1 Å². The van der Waals surface area contributed by atoms with Crippen molar-refractivity contribution in [3.05, 3.63) is 46.8 Å². The highest BCUT2D eigenvalue weighted by Gasteiger charge is 2.26. The normalized spacial score (nSPS) is 19.5. The molecule has 148 valence electrons. The smallest absolute Gasteiger partial charge is 0.262 e. The number of likely N-dealkylation sites (tertiary alicyclic amines) is 1. The number of halogens is 1. The van der Waals surface area contributed by atoms with E-state index in [4.69, 9.17) is 21.1 Å². The lowest BCUT2D eigenvalue weighted by Crippen LogP contribution is -2.39. The maximum Gasteiger partial charge on any atom is 0.262 e. The van der Waals surface area contributed by atoms with E-state index in [0.29, 0.717) is 54.3 Å². The first-order valence-electron chi connectivity index (χ1n) is 9.37. The van der Waals surface area contributed by atoms with Crippen LogP contribution in [0.25, 0.3) is 0 Å². The van der Waals surface area contributed by atoms with Crippen molar-refractivity contribution >= 4 is 29.1 Å². The van der Waals surface area contributed by atoms with E-state index in [2.05, 4.69) is 10.6 Å². The Kier molecular flexibility index (Phi) is 5.43. The largest absolute Gasteiger partial charge is 0.496 e. The summed E-state index contributed by atoms with van der Waals surface area (Å²) < 4.78 is 11.2. The van der Waals surface area contributed by atoms with Crippen molar-refractivity contribution in [3.8, 4) is 5.75 Å². The Balaban J connectivity index is 1.29. The highest BCUT2D eigenvalue weighted by molar-refractivity contribution is 6.29. The standard InChI is InChI=1S/C20H22ClN3O4/c21-18-4-2-15(10-22-18)27-11-13-5-7-24(8-6-13)20(26)14-1-3-17-16(9-14)23-19(25)12-28-17/h1-4,9,13,22H,5-8,10-12H2,(H,23,25). The van der Waals surface area contributed by atoms with Gasteiger partial charge in [0.05, 0.1) is 18.8 Å². The molecule has 0 saturated carbocycles. The van der Waals surface area contributed by atoms with Crippen molar-refractivity contribution in [1.82, 2.24) is 10.2 Å². The topological polar surface area (TPSA) is 79.9 Å². The van der Waals surface area contributed by atoms with Crippen LogP contribution in [0.3, 0.4) is 0 Å². The van der Waals surface area contributed by atoms with Gasteiger partial charge in [-0.25, -0.2) is 0 Å². The fourth-order valence-electron chi connectivity index (χ4n) is 3.48. The van der Waals surface area contributed by atoms with Gasteiger partial charge in [0.1, 0.15) is 16.7 Å². The molecular weight excluding hydrogens is 382 g/mol. The molecule has 0 aliphatic carbocycles. The van der Waals surface area contributed by atoms with Gasteiger partial charge in [-0.15, -0.1) is 0 Å². The number of benzene rings is 1. The van der Waals surface area contributed by atoms with Crippen molar-refractivity contribution in [2.75, 3.05) is 38.2 Å². The lowest BCUT2D eigenvalue weighted by atomic mass is 9.97. The van der Waals surface area contributed by atoms with Gasteiger partial charge in [-0.1, -0.05) is 11.6 Å². The number of nitrogens with one attached hydrogen (secondary N) is 2. The van der Waals surface area contributed by atoms with E-state index in [1.54, 1.807) is 24.3 Å². The molecule has 1 saturated heterocycles. The lowest BCUT2D eigenvalue weighted by Gasteiger charge is -2.32. The minimum absolute atomic E-state index is 0.00612. The third kappa shape index (κ3) is 4.25. The molecule has 0 atom stereocenters. The van der Waals surface area contributed by atoms with E-state index in [1.165, 1.54) is 0 Å². The Hall–Kier alpha value is -2.67. The minimum Gasteiger partial charge on any atom is -0.496 e. The number of piperidine rings is 1. The number of dihydropyridines is 1. The van der Waals surface area contributed by atoms with Crippen LogP contribution in [-0.4, -0.2) is 49.6 Å². The summed E-state index contributed by atoms with van der Waals surface area (Å²) >= 11 is 5.86. The second-order valence-electron chi connectivity index (χ2n) is 7.10. The summed E-state index contributed by atoms with van der Waals surface area (Å²) in [6.45, 7) is 2.63. The number of hydrogen-bond donors (Lipinski definition) is 2. The summed E-state index contributed by atoms with van der Waals surface area (Å²) in [5, 5.41) is 6.39. The Bertz CT molecular complexity index is 844. The van der Waals surface area contributed by atoms with Crippen LogP contribution in [0.4, 0.5) is 5.69 Å². The number of anilines is 1. The summed E-state index contributed by atoms with van der Waals surface area (Å²) in [5.74, 6) is 1.65. The van der Waals surface area contributed by atoms with Gasteiger partial charge in [0, 0.05) is 18.7 Å². The number of allylic oxidation sites excluding steroid dienone is 2. The van der Waals surface area contributed by atoms with E-state index < -0.39 is 0 Å². The lowest BCUT2D eigenvalue weighted by molar-refractivity contribution is -0.118. The Morgan fingerprint density at radius 1 is 1.29 bits per heavy atom. The monoisotopic (exact) mass is 403 g/mol. The highest BCUT2D eigenvalue weighted by Crippen LogP contribution is 2.29. The maximum absolute atomic E-state index is 12.8. The quantitative estimate of drug-likeness (QED) is 0.755. The third-order valence-electron chi connectivity index (χ3n) is 5.11. The number of rotatable bonds is 4. The first kappa shape index (κ1) is 18.7. The second kappa shape index (κ2) is 8.14. The molecule has 7 nitrogen and oxygen atoms in total. The van der Waals surface area contributed by atoms with E-state index >= 15 is 0 Å². The molecule has 2 amide bonds. The number of carbonyl (C=O) groups excluding carboxylic acids is 2. The van der Waals surface area contributed by atoms with E-state index in [-0.39, 0.29) is 18.4 Å². The van der Waals surface area contributed by atoms with Crippen molar-refractivity contribution in [2.24, 2.45) is 5.92 Å². The van der Waals surface area contributed by atoms with Gasteiger partial charge in [0.2, 0.25) is 0 Å². The minimum atomic E-state index is -0.209. The van der Waals surface area contributed by atoms with Crippen molar-refractivity contribution in [2.45, 2.75) is 12.8 Å².